The third-order valence-electron chi connectivity index (χ3n) is 6.61. The Hall–Kier alpha value is -1.65. The third kappa shape index (κ3) is 1.38. The number of carbonyl (C=O) groups excluding carboxylic acids is 1. The molecule has 1 N–H and O–H groups in total. The molecule has 1 spiro atoms. The van der Waals surface area contributed by atoms with Gasteiger partial charge in [-0.1, -0.05) is 29.8 Å². The zero-order valence-electron chi connectivity index (χ0n) is 13.5. The second-order valence-electron chi connectivity index (χ2n) is 7.43. The summed E-state index contributed by atoms with van der Waals surface area (Å²) in [6, 6.07) is 7.96. The van der Waals surface area contributed by atoms with E-state index < -0.39 is 11.3 Å². The highest BCUT2D eigenvalue weighted by Gasteiger charge is 2.71. The number of benzene rings is 1. The lowest BCUT2D eigenvalue weighted by Gasteiger charge is -2.54. The van der Waals surface area contributed by atoms with Crippen molar-refractivity contribution in [3.8, 4) is 0 Å². The van der Waals surface area contributed by atoms with Gasteiger partial charge in [0.2, 0.25) is 5.91 Å². The molecule has 0 saturated carbocycles. The predicted molar refractivity (Wildman–Crippen MR) is 87.8 cm³/mol. The van der Waals surface area contributed by atoms with E-state index in [1.54, 1.807) is 0 Å². The molecule has 0 aliphatic carbocycles. The fourth-order valence-corrected chi connectivity index (χ4v) is 5.53. The summed E-state index contributed by atoms with van der Waals surface area (Å²) < 4.78 is 0. The molecule has 4 saturated heterocycles. The Morgan fingerprint density at radius 1 is 1.30 bits per heavy atom. The Balaban J connectivity index is 1.79. The normalized spacial score (nSPS) is 40.3. The van der Waals surface area contributed by atoms with Gasteiger partial charge in [0.15, 0.2) is 0 Å². The standard InChI is InChI=1S/C19H22N2O2/c1-2-13-11-14-7-8-19-18(23,9-10-20(19)12-13)15-5-3-4-6-16(15)21(19)17(14)22/h2-6,14,23H,7-12H2,1H3/t14?,18-,19-/m0/s1. The zero-order chi connectivity index (χ0) is 15.8. The van der Waals surface area contributed by atoms with Crippen LogP contribution < -0.4 is 4.90 Å². The molecule has 5 aliphatic rings. The molecule has 1 aromatic carbocycles. The molecule has 4 nitrogen and oxygen atoms in total. The lowest BCUT2D eigenvalue weighted by molar-refractivity contribution is -0.137. The molecule has 1 unspecified atom stereocenters. The van der Waals surface area contributed by atoms with Crippen LogP contribution in [0.1, 0.15) is 38.2 Å². The van der Waals surface area contributed by atoms with E-state index in [0.29, 0.717) is 6.42 Å². The van der Waals surface area contributed by atoms with Crippen LogP contribution in [0.3, 0.4) is 0 Å². The zero-order valence-corrected chi connectivity index (χ0v) is 13.5. The molecule has 120 valence electrons. The summed E-state index contributed by atoms with van der Waals surface area (Å²) in [5.74, 6) is 0.260. The highest BCUT2D eigenvalue weighted by atomic mass is 16.3. The first-order valence-electron chi connectivity index (χ1n) is 8.67. The summed E-state index contributed by atoms with van der Waals surface area (Å²) in [7, 11) is 0. The van der Waals surface area contributed by atoms with E-state index in [1.165, 1.54) is 5.57 Å². The molecule has 3 atom stereocenters. The number of hydrogen-bond acceptors (Lipinski definition) is 3. The molecule has 5 aliphatic heterocycles. The Bertz CT molecular complexity index is 743. The molecule has 0 radical (unpaired) electrons. The highest BCUT2D eigenvalue weighted by Crippen LogP contribution is 2.62. The van der Waals surface area contributed by atoms with Crippen LogP contribution in [-0.4, -0.2) is 34.7 Å². The van der Waals surface area contributed by atoms with Gasteiger partial charge >= 0.3 is 0 Å². The second-order valence-corrected chi connectivity index (χ2v) is 7.43. The van der Waals surface area contributed by atoms with Gasteiger partial charge in [-0.15, -0.1) is 0 Å². The number of allylic oxidation sites excluding steroid dienone is 1. The van der Waals surface area contributed by atoms with Gasteiger partial charge in [-0.05, 0) is 38.7 Å². The van der Waals surface area contributed by atoms with E-state index >= 15 is 0 Å². The summed E-state index contributed by atoms with van der Waals surface area (Å²) in [4.78, 5) is 17.6. The number of nitrogens with zero attached hydrogens (tertiary/aromatic N) is 2. The largest absolute Gasteiger partial charge is 0.381 e. The van der Waals surface area contributed by atoms with Crippen LogP contribution in [0.4, 0.5) is 5.69 Å². The van der Waals surface area contributed by atoms with Gasteiger partial charge in [-0.25, -0.2) is 0 Å². The van der Waals surface area contributed by atoms with Crippen molar-refractivity contribution in [1.82, 2.24) is 4.90 Å². The first kappa shape index (κ1) is 13.8. The Morgan fingerprint density at radius 2 is 2.13 bits per heavy atom. The van der Waals surface area contributed by atoms with E-state index in [2.05, 4.69) is 17.9 Å². The second kappa shape index (κ2) is 4.25. The van der Waals surface area contributed by atoms with Crippen LogP contribution in [0.5, 0.6) is 0 Å². The molecule has 4 heteroatoms. The minimum Gasteiger partial charge on any atom is -0.381 e. The maximum absolute atomic E-state index is 13.3. The third-order valence-corrected chi connectivity index (χ3v) is 6.61. The summed E-state index contributed by atoms with van der Waals surface area (Å²) in [6.45, 7) is 3.78. The van der Waals surface area contributed by atoms with E-state index in [1.807, 2.05) is 29.2 Å². The number of aliphatic hydroxyl groups is 1. The Labute approximate surface area is 136 Å². The lowest BCUT2D eigenvalue weighted by atomic mass is 9.75. The minimum atomic E-state index is -0.930. The molecule has 1 aromatic rings. The molecule has 6 rings (SSSR count). The van der Waals surface area contributed by atoms with Crippen molar-refractivity contribution < 1.29 is 9.90 Å². The predicted octanol–water partition coefficient (Wildman–Crippen LogP) is 2.38. The van der Waals surface area contributed by atoms with Crippen LogP contribution in [0.25, 0.3) is 0 Å². The Kier molecular flexibility index (Phi) is 2.54. The van der Waals surface area contributed by atoms with Gasteiger partial charge in [0, 0.05) is 24.6 Å². The SMILES string of the molecule is CC=C1CC2CC[C@@]34N(CC[C@]3(O)c3ccccc3N4C2=O)C1. The van der Waals surface area contributed by atoms with E-state index in [4.69, 9.17) is 0 Å². The van der Waals surface area contributed by atoms with Crippen molar-refractivity contribution in [2.45, 2.75) is 43.9 Å². The molecule has 0 aromatic heterocycles. The number of rotatable bonds is 0. The van der Waals surface area contributed by atoms with Crippen LogP contribution in [0.15, 0.2) is 35.9 Å². The van der Waals surface area contributed by atoms with Crippen molar-refractivity contribution in [3.05, 3.63) is 41.5 Å². The quantitative estimate of drug-likeness (QED) is 0.748. The summed E-state index contributed by atoms with van der Waals surface area (Å²) >= 11 is 0. The van der Waals surface area contributed by atoms with E-state index in [-0.39, 0.29) is 11.8 Å². The van der Waals surface area contributed by atoms with Crippen LogP contribution >= 0.6 is 0 Å². The van der Waals surface area contributed by atoms with Gasteiger partial charge < -0.3 is 5.11 Å². The number of piperidine rings is 1. The summed E-state index contributed by atoms with van der Waals surface area (Å²) in [6.07, 6.45) is 5.47. The van der Waals surface area contributed by atoms with Gasteiger partial charge in [-0.3, -0.25) is 14.6 Å². The molecule has 1 amide bonds. The fourth-order valence-electron chi connectivity index (χ4n) is 5.53. The Morgan fingerprint density at radius 3 is 2.96 bits per heavy atom. The van der Waals surface area contributed by atoms with Crippen molar-refractivity contribution in [2.24, 2.45) is 5.92 Å². The molecule has 5 heterocycles. The van der Waals surface area contributed by atoms with Crippen molar-refractivity contribution >= 4 is 11.6 Å². The van der Waals surface area contributed by atoms with Crippen molar-refractivity contribution in [2.75, 3.05) is 18.0 Å². The van der Waals surface area contributed by atoms with E-state index in [0.717, 1.165) is 43.6 Å². The number of anilines is 1. The maximum atomic E-state index is 13.3. The number of para-hydroxylation sites is 1. The van der Waals surface area contributed by atoms with Gasteiger partial charge in [0.05, 0.1) is 5.69 Å². The molecule has 2 bridgehead atoms. The number of hydrogen-bond donors (Lipinski definition) is 1. The van der Waals surface area contributed by atoms with Crippen molar-refractivity contribution in [1.29, 1.82) is 0 Å². The van der Waals surface area contributed by atoms with Gasteiger partial charge in [-0.2, -0.15) is 0 Å². The summed E-state index contributed by atoms with van der Waals surface area (Å²) in [5, 5.41) is 11.7. The van der Waals surface area contributed by atoms with Gasteiger partial charge in [0.1, 0.15) is 11.3 Å². The average molecular weight is 310 g/mol. The first-order chi connectivity index (χ1) is 11.1. The number of fused-ring (bicyclic) bond motifs is 5. The first-order valence-corrected chi connectivity index (χ1v) is 8.67. The van der Waals surface area contributed by atoms with Crippen LogP contribution in [0.2, 0.25) is 0 Å². The monoisotopic (exact) mass is 310 g/mol. The van der Waals surface area contributed by atoms with Crippen molar-refractivity contribution in [3.63, 3.8) is 0 Å². The highest BCUT2D eigenvalue weighted by molar-refractivity contribution is 6.01. The van der Waals surface area contributed by atoms with E-state index in [9.17, 15) is 9.90 Å². The average Bonchev–Trinajstić information content (AvgIpc) is 2.93. The minimum absolute atomic E-state index is 0.0602. The van der Waals surface area contributed by atoms with Crippen LogP contribution in [-0.2, 0) is 10.4 Å². The number of carbonyl (C=O) groups is 1. The molecule has 4 fully saturated rings. The lowest BCUT2D eigenvalue weighted by Crippen LogP contribution is -2.69. The number of amides is 1. The smallest absolute Gasteiger partial charge is 0.232 e. The van der Waals surface area contributed by atoms with Crippen LogP contribution in [0, 0.1) is 5.92 Å². The maximum Gasteiger partial charge on any atom is 0.232 e. The molecular weight excluding hydrogens is 288 g/mol. The summed E-state index contributed by atoms with van der Waals surface area (Å²) in [5.41, 5.74) is 1.71. The fraction of sp³-hybridized carbons (Fsp3) is 0.526. The topological polar surface area (TPSA) is 43.8 Å². The molecule has 23 heavy (non-hydrogen) atoms. The van der Waals surface area contributed by atoms with Gasteiger partial charge in [0.25, 0.3) is 0 Å². The molecular formula is C19H22N2O2.